The van der Waals surface area contributed by atoms with E-state index in [0.29, 0.717) is 5.41 Å². The van der Waals surface area contributed by atoms with Crippen molar-refractivity contribution in [3.63, 3.8) is 0 Å². The third-order valence-corrected chi connectivity index (χ3v) is 2.75. The molecule has 2 nitrogen and oxygen atoms in total. The normalized spacial score (nSPS) is 17.8. The summed E-state index contributed by atoms with van der Waals surface area (Å²) in [5.41, 5.74) is 5.93. The highest BCUT2D eigenvalue weighted by atomic mass is 16.5. The average molecular weight is 185 g/mol. The van der Waals surface area contributed by atoms with Crippen LogP contribution >= 0.6 is 0 Å². The fraction of sp³-hybridized carbons (Fsp3) is 1.00. The molecule has 0 amide bonds. The second-order valence-corrected chi connectivity index (χ2v) is 4.99. The molecule has 0 aliphatic heterocycles. The van der Waals surface area contributed by atoms with Gasteiger partial charge in [0.25, 0.3) is 0 Å². The summed E-state index contributed by atoms with van der Waals surface area (Å²) in [6.45, 7) is 7.11. The molecule has 13 heavy (non-hydrogen) atoms. The van der Waals surface area contributed by atoms with Crippen molar-refractivity contribution in [1.29, 1.82) is 0 Å². The molecule has 0 radical (unpaired) electrons. The van der Waals surface area contributed by atoms with Crippen molar-refractivity contribution in [2.24, 2.45) is 17.1 Å². The van der Waals surface area contributed by atoms with E-state index in [2.05, 4.69) is 13.8 Å². The van der Waals surface area contributed by atoms with Crippen molar-refractivity contribution in [1.82, 2.24) is 0 Å². The summed E-state index contributed by atoms with van der Waals surface area (Å²) in [4.78, 5) is 0. The van der Waals surface area contributed by atoms with Crippen LogP contribution in [0.1, 0.15) is 39.5 Å². The van der Waals surface area contributed by atoms with Gasteiger partial charge in [-0.1, -0.05) is 13.8 Å². The summed E-state index contributed by atoms with van der Waals surface area (Å²) >= 11 is 0. The summed E-state index contributed by atoms with van der Waals surface area (Å²) in [6.07, 6.45) is 5.09. The number of ether oxygens (including phenoxy) is 1. The van der Waals surface area contributed by atoms with Gasteiger partial charge in [0.2, 0.25) is 0 Å². The maximum atomic E-state index is 5.64. The number of hydrogen-bond donors (Lipinski definition) is 1. The van der Waals surface area contributed by atoms with Gasteiger partial charge in [0.1, 0.15) is 0 Å². The Morgan fingerprint density at radius 2 is 2.08 bits per heavy atom. The molecule has 0 aromatic heterocycles. The van der Waals surface area contributed by atoms with Crippen LogP contribution in [0.2, 0.25) is 0 Å². The van der Waals surface area contributed by atoms with Crippen molar-refractivity contribution in [3.05, 3.63) is 0 Å². The first kappa shape index (κ1) is 11.0. The molecule has 1 fully saturated rings. The van der Waals surface area contributed by atoms with E-state index in [4.69, 9.17) is 10.5 Å². The van der Waals surface area contributed by atoms with E-state index < -0.39 is 0 Å². The first-order chi connectivity index (χ1) is 6.14. The summed E-state index contributed by atoms with van der Waals surface area (Å²) in [6, 6.07) is 0. The molecule has 78 valence electrons. The van der Waals surface area contributed by atoms with E-state index >= 15 is 0 Å². The minimum atomic E-state index is 0.295. The Morgan fingerprint density at radius 1 is 1.38 bits per heavy atom. The Bertz CT molecular complexity index is 141. The minimum Gasteiger partial charge on any atom is -0.381 e. The zero-order valence-corrected chi connectivity index (χ0v) is 9.01. The van der Waals surface area contributed by atoms with Crippen LogP contribution in [0.3, 0.4) is 0 Å². The molecular weight excluding hydrogens is 162 g/mol. The molecule has 0 saturated heterocycles. The third kappa shape index (κ3) is 5.27. The molecule has 0 unspecified atom stereocenters. The van der Waals surface area contributed by atoms with E-state index in [1.54, 1.807) is 0 Å². The van der Waals surface area contributed by atoms with Crippen LogP contribution in [0, 0.1) is 11.3 Å². The predicted octanol–water partition coefficient (Wildman–Crippen LogP) is 2.18. The number of rotatable bonds is 7. The Kier molecular flexibility index (Phi) is 4.20. The lowest BCUT2D eigenvalue weighted by atomic mass is 9.88. The number of nitrogens with two attached hydrogens (primary N) is 1. The fourth-order valence-corrected chi connectivity index (χ4v) is 1.29. The van der Waals surface area contributed by atoms with E-state index in [9.17, 15) is 0 Å². The molecular formula is C11H23NO. The quantitative estimate of drug-likeness (QED) is 0.617. The summed E-state index contributed by atoms with van der Waals surface area (Å²) in [5, 5.41) is 0. The Balaban J connectivity index is 1.87. The zero-order valence-electron chi connectivity index (χ0n) is 9.01. The molecule has 0 aromatic carbocycles. The lowest BCUT2D eigenvalue weighted by molar-refractivity contribution is 0.113. The van der Waals surface area contributed by atoms with E-state index in [0.717, 1.165) is 32.1 Å². The van der Waals surface area contributed by atoms with Gasteiger partial charge >= 0.3 is 0 Å². The Labute approximate surface area is 81.8 Å². The monoisotopic (exact) mass is 185 g/mol. The van der Waals surface area contributed by atoms with Crippen LogP contribution < -0.4 is 5.73 Å². The molecule has 0 atom stereocenters. The highest BCUT2D eigenvalue weighted by Gasteiger charge is 2.21. The van der Waals surface area contributed by atoms with Gasteiger partial charge in [0.15, 0.2) is 0 Å². The van der Waals surface area contributed by atoms with Crippen molar-refractivity contribution < 1.29 is 4.74 Å². The van der Waals surface area contributed by atoms with Crippen LogP contribution in [-0.2, 0) is 4.74 Å². The highest BCUT2D eigenvalue weighted by molar-refractivity contribution is 4.72. The van der Waals surface area contributed by atoms with Gasteiger partial charge in [0.05, 0.1) is 0 Å². The Morgan fingerprint density at radius 3 is 2.62 bits per heavy atom. The van der Waals surface area contributed by atoms with Gasteiger partial charge in [-0.05, 0) is 43.6 Å². The van der Waals surface area contributed by atoms with Gasteiger partial charge in [-0.15, -0.1) is 0 Å². The van der Waals surface area contributed by atoms with Crippen molar-refractivity contribution in [2.45, 2.75) is 39.5 Å². The lowest BCUT2D eigenvalue weighted by Crippen LogP contribution is -2.23. The largest absolute Gasteiger partial charge is 0.381 e. The Hall–Kier alpha value is -0.0800. The number of hydrogen-bond acceptors (Lipinski definition) is 2. The summed E-state index contributed by atoms with van der Waals surface area (Å²) < 4.78 is 5.56. The first-order valence-corrected chi connectivity index (χ1v) is 5.42. The maximum Gasteiger partial charge on any atom is 0.0494 e. The molecule has 0 heterocycles. The molecule has 2 N–H and O–H groups in total. The topological polar surface area (TPSA) is 35.2 Å². The average Bonchev–Trinajstić information content (AvgIpc) is 2.87. The molecule has 2 heteroatoms. The van der Waals surface area contributed by atoms with Crippen LogP contribution in [0.5, 0.6) is 0 Å². The minimum absolute atomic E-state index is 0.295. The van der Waals surface area contributed by atoms with Crippen molar-refractivity contribution in [2.75, 3.05) is 19.8 Å². The lowest BCUT2D eigenvalue weighted by Gasteiger charge is -2.21. The zero-order chi connectivity index (χ0) is 9.73. The molecule has 0 spiro atoms. The van der Waals surface area contributed by atoms with Gasteiger partial charge in [0, 0.05) is 13.2 Å². The van der Waals surface area contributed by atoms with Crippen molar-refractivity contribution in [3.8, 4) is 0 Å². The predicted molar refractivity (Wildman–Crippen MR) is 55.6 cm³/mol. The maximum absolute atomic E-state index is 5.64. The van der Waals surface area contributed by atoms with Crippen LogP contribution in [0.4, 0.5) is 0 Å². The van der Waals surface area contributed by atoms with Gasteiger partial charge in [-0.2, -0.15) is 0 Å². The van der Waals surface area contributed by atoms with Crippen LogP contribution in [0.15, 0.2) is 0 Å². The molecule has 1 aliphatic rings. The summed E-state index contributed by atoms with van der Waals surface area (Å²) in [5.74, 6) is 0.891. The smallest absolute Gasteiger partial charge is 0.0494 e. The summed E-state index contributed by atoms with van der Waals surface area (Å²) in [7, 11) is 0. The third-order valence-electron chi connectivity index (χ3n) is 2.75. The van der Waals surface area contributed by atoms with Crippen LogP contribution in [-0.4, -0.2) is 19.8 Å². The fourth-order valence-electron chi connectivity index (χ4n) is 1.29. The molecule has 0 aromatic rings. The highest BCUT2D eigenvalue weighted by Crippen LogP contribution is 2.29. The van der Waals surface area contributed by atoms with Crippen molar-refractivity contribution >= 4 is 0 Å². The van der Waals surface area contributed by atoms with E-state index in [-0.39, 0.29) is 0 Å². The first-order valence-electron chi connectivity index (χ1n) is 5.42. The van der Waals surface area contributed by atoms with E-state index in [1.807, 2.05) is 0 Å². The standard InChI is InChI=1S/C11H23NO/c1-11(2,9-12)6-3-7-13-8-10-4-5-10/h10H,3-9,12H2,1-2H3. The second kappa shape index (κ2) is 4.97. The van der Waals surface area contributed by atoms with Gasteiger partial charge < -0.3 is 10.5 Å². The van der Waals surface area contributed by atoms with Crippen LogP contribution in [0.25, 0.3) is 0 Å². The molecule has 1 aliphatic carbocycles. The SMILES string of the molecule is CC(C)(CN)CCCOCC1CC1. The van der Waals surface area contributed by atoms with Gasteiger partial charge in [-0.3, -0.25) is 0 Å². The van der Waals surface area contributed by atoms with Gasteiger partial charge in [-0.25, -0.2) is 0 Å². The molecule has 1 rings (SSSR count). The second-order valence-electron chi connectivity index (χ2n) is 4.99. The molecule has 0 bridgehead atoms. The molecule has 1 saturated carbocycles. The van der Waals surface area contributed by atoms with E-state index in [1.165, 1.54) is 19.3 Å².